The van der Waals surface area contributed by atoms with Crippen molar-refractivity contribution >= 4 is 6.08 Å². The molecule has 0 fully saturated rings. The quantitative estimate of drug-likeness (QED) is 0.830. The van der Waals surface area contributed by atoms with Crippen molar-refractivity contribution in [3.05, 3.63) is 34.9 Å². The van der Waals surface area contributed by atoms with Gasteiger partial charge in [0.2, 0.25) is 0 Å². The molecule has 4 N–H and O–H groups in total. The van der Waals surface area contributed by atoms with Crippen molar-refractivity contribution in [3.63, 3.8) is 0 Å². The van der Waals surface area contributed by atoms with Gasteiger partial charge >= 0.3 is 0 Å². The average Bonchev–Trinajstić information content (AvgIpc) is 2.37. The van der Waals surface area contributed by atoms with Crippen LogP contribution < -0.4 is 16.2 Å². The van der Waals surface area contributed by atoms with Crippen LogP contribution in [0, 0.1) is 0 Å². The van der Waals surface area contributed by atoms with Gasteiger partial charge in [-0.05, 0) is 42.5 Å². The summed E-state index contributed by atoms with van der Waals surface area (Å²) < 4.78 is 5.24. The third-order valence-corrected chi connectivity index (χ3v) is 3.26. The zero-order valence-corrected chi connectivity index (χ0v) is 10.3. The zero-order chi connectivity index (χ0) is 12.3. The molecule has 3 nitrogen and oxygen atoms in total. The number of hydrogen-bond donors (Lipinski definition) is 2. The van der Waals surface area contributed by atoms with Gasteiger partial charge in [-0.2, -0.15) is 0 Å². The first kappa shape index (κ1) is 12.1. The van der Waals surface area contributed by atoms with Gasteiger partial charge in [0.25, 0.3) is 0 Å². The normalized spacial score (nSPS) is 16.1. The van der Waals surface area contributed by atoms with Crippen LogP contribution in [0.1, 0.15) is 24.0 Å². The maximum atomic E-state index is 5.89. The minimum Gasteiger partial charge on any atom is -0.497 e. The third-order valence-electron chi connectivity index (χ3n) is 3.26. The fourth-order valence-electron chi connectivity index (χ4n) is 2.23. The van der Waals surface area contributed by atoms with E-state index in [4.69, 9.17) is 16.2 Å². The van der Waals surface area contributed by atoms with E-state index >= 15 is 0 Å². The molecule has 92 valence electrons. The lowest BCUT2D eigenvalue weighted by Crippen LogP contribution is -2.30. The molecular weight excluding hydrogens is 212 g/mol. The number of benzene rings is 1. The van der Waals surface area contributed by atoms with Crippen LogP contribution in [0.5, 0.6) is 5.75 Å². The molecule has 17 heavy (non-hydrogen) atoms. The SMILES string of the molecule is COc1ccc2c(c1)C=C(CC(N)CN)CC2. The van der Waals surface area contributed by atoms with E-state index in [-0.39, 0.29) is 6.04 Å². The first-order chi connectivity index (χ1) is 8.22. The van der Waals surface area contributed by atoms with Gasteiger partial charge in [0.05, 0.1) is 7.11 Å². The van der Waals surface area contributed by atoms with Crippen LogP contribution in [0.15, 0.2) is 23.8 Å². The van der Waals surface area contributed by atoms with Crippen LogP contribution >= 0.6 is 0 Å². The van der Waals surface area contributed by atoms with E-state index in [0.29, 0.717) is 6.54 Å². The van der Waals surface area contributed by atoms with E-state index in [1.807, 2.05) is 6.07 Å². The Morgan fingerprint density at radius 2 is 2.18 bits per heavy atom. The van der Waals surface area contributed by atoms with Gasteiger partial charge in [-0.25, -0.2) is 0 Å². The summed E-state index contributed by atoms with van der Waals surface area (Å²) in [7, 11) is 1.69. The van der Waals surface area contributed by atoms with Gasteiger partial charge in [-0.3, -0.25) is 0 Å². The van der Waals surface area contributed by atoms with E-state index < -0.39 is 0 Å². The number of methoxy groups -OCH3 is 1. The van der Waals surface area contributed by atoms with E-state index in [1.165, 1.54) is 16.7 Å². The summed E-state index contributed by atoms with van der Waals surface area (Å²) in [6, 6.07) is 6.32. The van der Waals surface area contributed by atoms with Crippen molar-refractivity contribution in [2.45, 2.75) is 25.3 Å². The highest BCUT2D eigenvalue weighted by atomic mass is 16.5. The van der Waals surface area contributed by atoms with Crippen LogP contribution in [-0.4, -0.2) is 19.7 Å². The molecule has 0 spiro atoms. The minimum absolute atomic E-state index is 0.0772. The Hall–Kier alpha value is -1.32. The summed E-state index contributed by atoms with van der Waals surface area (Å²) in [5.74, 6) is 0.907. The Balaban J connectivity index is 2.20. The van der Waals surface area contributed by atoms with Crippen LogP contribution in [0.25, 0.3) is 6.08 Å². The molecule has 0 bridgehead atoms. The maximum Gasteiger partial charge on any atom is 0.119 e. The number of ether oxygens (including phenoxy) is 1. The summed E-state index contributed by atoms with van der Waals surface area (Å²) in [5, 5.41) is 0. The lowest BCUT2D eigenvalue weighted by molar-refractivity contribution is 0.414. The molecule has 1 aliphatic carbocycles. The molecule has 1 aliphatic rings. The Morgan fingerprint density at radius 1 is 1.35 bits per heavy atom. The first-order valence-corrected chi connectivity index (χ1v) is 6.05. The molecular formula is C14H20N2O. The number of rotatable bonds is 4. The average molecular weight is 232 g/mol. The Kier molecular flexibility index (Phi) is 3.82. The van der Waals surface area contributed by atoms with Gasteiger partial charge in [-0.1, -0.05) is 17.7 Å². The number of aryl methyl sites for hydroxylation is 1. The molecule has 0 aliphatic heterocycles. The van der Waals surface area contributed by atoms with Crippen LogP contribution in [0.4, 0.5) is 0 Å². The Morgan fingerprint density at radius 3 is 2.88 bits per heavy atom. The highest BCUT2D eigenvalue weighted by Crippen LogP contribution is 2.28. The number of fused-ring (bicyclic) bond motifs is 1. The van der Waals surface area contributed by atoms with Gasteiger partial charge in [0.15, 0.2) is 0 Å². The van der Waals surface area contributed by atoms with Crippen LogP contribution in [0.3, 0.4) is 0 Å². The molecule has 3 heteroatoms. The predicted octanol–water partition coefficient (Wildman–Crippen LogP) is 1.70. The van der Waals surface area contributed by atoms with Crippen molar-refractivity contribution in [1.29, 1.82) is 0 Å². The molecule has 2 rings (SSSR count). The van der Waals surface area contributed by atoms with E-state index in [2.05, 4.69) is 18.2 Å². The second kappa shape index (κ2) is 5.34. The highest BCUT2D eigenvalue weighted by Gasteiger charge is 2.13. The smallest absolute Gasteiger partial charge is 0.119 e. The summed E-state index contributed by atoms with van der Waals surface area (Å²) in [4.78, 5) is 0. The Labute approximate surface area is 102 Å². The summed E-state index contributed by atoms with van der Waals surface area (Å²) in [6.07, 6.45) is 5.31. The summed E-state index contributed by atoms with van der Waals surface area (Å²) >= 11 is 0. The molecule has 1 aromatic carbocycles. The van der Waals surface area contributed by atoms with Crippen molar-refractivity contribution < 1.29 is 4.74 Å². The molecule has 0 amide bonds. The molecule has 0 aromatic heterocycles. The molecule has 0 heterocycles. The fourth-order valence-corrected chi connectivity index (χ4v) is 2.23. The molecule has 1 unspecified atom stereocenters. The monoisotopic (exact) mass is 232 g/mol. The van der Waals surface area contributed by atoms with E-state index in [1.54, 1.807) is 7.11 Å². The van der Waals surface area contributed by atoms with Gasteiger partial charge in [0, 0.05) is 12.6 Å². The zero-order valence-electron chi connectivity index (χ0n) is 10.3. The molecule has 1 atom stereocenters. The predicted molar refractivity (Wildman–Crippen MR) is 70.9 cm³/mol. The number of hydrogen-bond acceptors (Lipinski definition) is 3. The molecule has 0 radical (unpaired) electrons. The van der Waals surface area contributed by atoms with E-state index in [0.717, 1.165) is 25.0 Å². The largest absolute Gasteiger partial charge is 0.497 e. The fraction of sp³-hybridized carbons (Fsp3) is 0.429. The van der Waals surface area contributed by atoms with Gasteiger partial charge in [-0.15, -0.1) is 0 Å². The second-order valence-electron chi connectivity index (χ2n) is 4.57. The number of nitrogens with two attached hydrogens (primary N) is 2. The Bertz CT molecular complexity index is 426. The third kappa shape index (κ3) is 2.87. The van der Waals surface area contributed by atoms with Crippen LogP contribution in [-0.2, 0) is 6.42 Å². The topological polar surface area (TPSA) is 61.3 Å². The van der Waals surface area contributed by atoms with E-state index in [9.17, 15) is 0 Å². The van der Waals surface area contributed by atoms with Gasteiger partial charge in [0.1, 0.15) is 5.75 Å². The van der Waals surface area contributed by atoms with Crippen molar-refractivity contribution in [2.75, 3.05) is 13.7 Å². The molecule has 0 saturated heterocycles. The first-order valence-electron chi connectivity index (χ1n) is 6.05. The minimum atomic E-state index is 0.0772. The molecule has 1 aromatic rings. The van der Waals surface area contributed by atoms with Crippen LogP contribution in [0.2, 0.25) is 0 Å². The standard InChI is InChI=1S/C14H20N2O/c1-17-14-5-4-11-3-2-10(6-12(11)8-14)7-13(16)9-15/h4-6,8,13H,2-3,7,9,15-16H2,1H3. The lowest BCUT2D eigenvalue weighted by Gasteiger charge is -2.19. The summed E-state index contributed by atoms with van der Waals surface area (Å²) in [5.41, 5.74) is 15.5. The molecule has 0 saturated carbocycles. The van der Waals surface area contributed by atoms with Gasteiger partial charge < -0.3 is 16.2 Å². The van der Waals surface area contributed by atoms with Crippen molar-refractivity contribution in [2.24, 2.45) is 11.5 Å². The van der Waals surface area contributed by atoms with Crippen molar-refractivity contribution in [3.8, 4) is 5.75 Å². The lowest BCUT2D eigenvalue weighted by atomic mass is 9.89. The second-order valence-corrected chi connectivity index (χ2v) is 4.57. The maximum absolute atomic E-state index is 5.89. The summed E-state index contributed by atoms with van der Waals surface area (Å²) in [6.45, 7) is 0.544. The van der Waals surface area contributed by atoms with Crippen molar-refractivity contribution in [1.82, 2.24) is 0 Å². The highest BCUT2D eigenvalue weighted by molar-refractivity contribution is 5.61.